The van der Waals surface area contributed by atoms with Crippen molar-refractivity contribution in [3.63, 3.8) is 0 Å². The number of hydrogen-bond donors (Lipinski definition) is 1. The fourth-order valence-electron chi connectivity index (χ4n) is 3.10. The number of nitrogens with one attached hydrogen (secondary N) is 1. The first-order chi connectivity index (χ1) is 7.23. The van der Waals surface area contributed by atoms with Crippen molar-refractivity contribution in [1.29, 1.82) is 0 Å². The van der Waals surface area contributed by atoms with E-state index < -0.39 is 0 Å². The summed E-state index contributed by atoms with van der Waals surface area (Å²) < 4.78 is 5.31. The van der Waals surface area contributed by atoms with E-state index in [1.54, 1.807) is 7.11 Å². The quantitative estimate of drug-likeness (QED) is 0.756. The Morgan fingerprint density at radius 3 is 3.13 bits per heavy atom. The average molecular weight is 203 g/mol. The van der Waals surface area contributed by atoms with E-state index in [0.717, 1.165) is 12.3 Å². The van der Waals surface area contributed by atoms with Gasteiger partial charge in [0.05, 0.1) is 7.11 Å². The van der Waals surface area contributed by atoms with Gasteiger partial charge >= 0.3 is 0 Å². The van der Waals surface area contributed by atoms with Crippen molar-refractivity contribution < 1.29 is 4.74 Å². The lowest BCUT2D eigenvalue weighted by Gasteiger charge is -2.30. The Morgan fingerprint density at radius 1 is 1.47 bits per heavy atom. The van der Waals surface area contributed by atoms with Crippen molar-refractivity contribution in [2.75, 3.05) is 13.7 Å². The molecule has 1 aliphatic heterocycles. The zero-order chi connectivity index (χ0) is 10.5. The average Bonchev–Trinajstić information content (AvgIpc) is 2.46. The van der Waals surface area contributed by atoms with Crippen LogP contribution in [0.3, 0.4) is 0 Å². The minimum atomic E-state index is 0.375. The van der Waals surface area contributed by atoms with Crippen molar-refractivity contribution in [1.82, 2.24) is 5.32 Å². The third kappa shape index (κ3) is 1.21. The maximum absolute atomic E-state index is 5.31. The Hall–Kier alpha value is -1.02. The maximum atomic E-state index is 5.31. The molecule has 1 heterocycles. The lowest BCUT2D eigenvalue weighted by atomic mass is 9.79. The number of rotatable bonds is 1. The number of methoxy groups -OCH3 is 1. The molecule has 0 saturated carbocycles. The summed E-state index contributed by atoms with van der Waals surface area (Å²) in [6, 6.07) is 7.10. The van der Waals surface area contributed by atoms with Gasteiger partial charge in [-0.15, -0.1) is 0 Å². The second-order valence-electron chi connectivity index (χ2n) is 4.97. The summed E-state index contributed by atoms with van der Waals surface area (Å²) >= 11 is 0. The van der Waals surface area contributed by atoms with E-state index in [2.05, 4.69) is 30.4 Å². The number of piperidine rings is 1. The number of fused-ring (bicyclic) bond motifs is 5. The summed E-state index contributed by atoms with van der Waals surface area (Å²) in [6.45, 7) is 3.52. The zero-order valence-corrected chi connectivity index (χ0v) is 9.34. The molecule has 0 unspecified atom stereocenters. The van der Waals surface area contributed by atoms with E-state index in [0.29, 0.717) is 11.5 Å². The number of ether oxygens (including phenoxy) is 1. The molecule has 2 bridgehead atoms. The summed E-state index contributed by atoms with van der Waals surface area (Å²) in [5.74, 6) is 0.988. The highest BCUT2D eigenvalue weighted by molar-refractivity contribution is 5.47. The third-order valence-corrected chi connectivity index (χ3v) is 4.01. The summed E-state index contributed by atoms with van der Waals surface area (Å²) in [6.07, 6.45) is 2.49. The van der Waals surface area contributed by atoms with E-state index >= 15 is 0 Å². The number of benzene rings is 1. The van der Waals surface area contributed by atoms with Crippen molar-refractivity contribution in [2.45, 2.75) is 31.2 Å². The summed E-state index contributed by atoms with van der Waals surface area (Å²) in [4.78, 5) is 0. The number of hydrogen-bond acceptors (Lipinski definition) is 2. The molecule has 1 fully saturated rings. The van der Waals surface area contributed by atoms with E-state index in [-0.39, 0.29) is 0 Å². The van der Waals surface area contributed by atoms with Gasteiger partial charge in [-0.3, -0.25) is 0 Å². The highest BCUT2D eigenvalue weighted by Crippen LogP contribution is 2.50. The second-order valence-corrected chi connectivity index (χ2v) is 4.97. The molecule has 1 aliphatic carbocycles. The molecule has 2 nitrogen and oxygen atoms in total. The van der Waals surface area contributed by atoms with Gasteiger partial charge in [0, 0.05) is 6.04 Å². The second kappa shape index (κ2) is 2.99. The molecule has 0 spiro atoms. The van der Waals surface area contributed by atoms with E-state index in [1.807, 2.05) is 0 Å². The highest BCUT2D eigenvalue weighted by Gasteiger charge is 2.42. The van der Waals surface area contributed by atoms with Gasteiger partial charge in [-0.1, -0.05) is 13.0 Å². The highest BCUT2D eigenvalue weighted by atomic mass is 16.5. The summed E-state index contributed by atoms with van der Waals surface area (Å²) in [7, 11) is 1.74. The van der Waals surface area contributed by atoms with Gasteiger partial charge in [0.1, 0.15) is 5.75 Å². The first-order valence-electron chi connectivity index (χ1n) is 5.65. The molecule has 1 N–H and O–H groups in total. The largest absolute Gasteiger partial charge is 0.497 e. The van der Waals surface area contributed by atoms with E-state index in [4.69, 9.17) is 4.74 Å². The Labute approximate surface area is 90.6 Å². The molecular formula is C13H17NO. The smallest absolute Gasteiger partial charge is 0.119 e. The van der Waals surface area contributed by atoms with Gasteiger partial charge in [-0.05, 0) is 48.1 Å². The SMILES string of the molecule is COc1ccc2c(c1)[C@@]1(C)CCN[C@H]2C1. The third-order valence-electron chi connectivity index (χ3n) is 4.01. The Morgan fingerprint density at radius 2 is 2.33 bits per heavy atom. The van der Waals surface area contributed by atoms with Crippen LogP contribution < -0.4 is 10.1 Å². The zero-order valence-electron chi connectivity index (χ0n) is 9.34. The molecule has 1 aromatic rings. The van der Waals surface area contributed by atoms with Gasteiger partial charge in [0.15, 0.2) is 0 Å². The van der Waals surface area contributed by atoms with Gasteiger partial charge in [-0.2, -0.15) is 0 Å². The van der Waals surface area contributed by atoms with Crippen LogP contribution in [0.1, 0.15) is 36.9 Å². The van der Waals surface area contributed by atoms with E-state index in [9.17, 15) is 0 Å². The molecule has 15 heavy (non-hydrogen) atoms. The van der Waals surface area contributed by atoms with Crippen LogP contribution in [0.15, 0.2) is 18.2 Å². The Bertz CT molecular complexity index is 402. The maximum Gasteiger partial charge on any atom is 0.119 e. The minimum Gasteiger partial charge on any atom is -0.497 e. The summed E-state index contributed by atoms with van der Waals surface area (Å²) in [5.41, 5.74) is 3.35. The van der Waals surface area contributed by atoms with Crippen molar-refractivity contribution in [2.24, 2.45) is 0 Å². The van der Waals surface area contributed by atoms with Crippen LogP contribution in [0.4, 0.5) is 0 Å². The fraction of sp³-hybridized carbons (Fsp3) is 0.538. The van der Waals surface area contributed by atoms with Crippen LogP contribution in [-0.4, -0.2) is 13.7 Å². The van der Waals surface area contributed by atoms with Gasteiger partial charge in [-0.25, -0.2) is 0 Å². The molecule has 0 radical (unpaired) electrons. The Balaban J connectivity index is 2.15. The molecule has 1 saturated heterocycles. The molecule has 3 rings (SSSR count). The predicted molar refractivity (Wildman–Crippen MR) is 60.3 cm³/mol. The first-order valence-corrected chi connectivity index (χ1v) is 5.65. The van der Waals surface area contributed by atoms with Crippen LogP contribution in [0.5, 0.6) is 5.75 Å². The molecule has 2 aliphatic rings. The van der Waals surface area contributed by atoms with Gasteiger partial charge in [0.2, 0.25) is 0 Å². The van der Waals surface area contributed by atoms with Gasteiger partial charge in [0.25, 0.3) is 0 Å². The van der Waals surface area contributed by atoms with Crippen molar-refractivity contribution >= 4 is 0 Å². The fourth-order valence-corrected chi connectivity index (χ4v) is 3.10. The molecule has 2 heteroatoms. The standard InChI is InChI=1S/C13H17NO/c1-13-5-6-14-12(8-13)10-4-3-9(15-2)7-11(10)13/h3-4,7,12,14H,5-6,8H2,1-2H3/t12-,13-/m0/s1. The summed E-state index contributed by atoms with van der Waals surface area (Å²) in [5, 5.41) is 3.59. The monoisotopic (exact) mass is 203 g/mol. The molecule has 0 aromatic heterocycles. The van der Waals surface area contributed by atoms with Crippen LogP contribution in [0.25, 0.3) is 0 Å². The van der Waals surface area contributed by atoms with Crippen LogP contribution >= 0.6 is 0 Å². The van der Waals surface area contributed by atoms with Crippen LogP contribution in [0.2, 0.25) is 0 Å². The molecular weight excluding hydrogens is 186 g/mol. The van der Waals surface area contributed by atoms with Crippen LogP contribution in [0, 0.1) is 0 Å². The molecule has 2 atom stereocenters. The molecule has 0 amide bonds. The van der Waals surface area contributed by atoms with Crippen molar-refractivity contribution in [3.8, 4) is 5.75 Å². The minimum absolute atomic E-state index is 0.375. The van der Waals surface area contributed by atoms with E-state index in [1.165, 1.54) is 24.0 Å². The van der Waals surface area contributed by atoms with Crippen LogP contribution in [-0.2, 0) is 5.41 Å². The molecule has 1 aromatic carbocycles. The van der Waals surface area contributed by atoms with Crippen molar-refractivity contribution in [3.05, 3.63) is 29.3 Å². The lowest BCUT2D eigenvalue weighted by Crippen LogP contribution is -2.33. The topological polar surface area (TPSA) is 21.3 Å². The first kappa shape index (κ1) is 9.22. The lowest BCUT2D eigenvalue weighted by molar-refractivity contribution is 0.312. The normalized spacial score (nSPS) is 32.5. The Kier molecular flexibility index (Phi) is 1.84. The predicted octanol–water partition coefficient (Wildman–Crippen LogP) is 2.39. The molecule has 80 valence electrons. The van der Waals surface area contributed by atoms with Gasteiger partial charge < -0.3 is 10.1 Å².